The summed E-state index contributed by atoms with van der Waals surface area (Å²) in [4.78, 5) is 38.5. The first-order chi connectivity index (χ1) is 21.0. The topological polar surface area (TPSA) is 139 Å². The first-order valence-electron chi connectivity index (χ1n) is 16.1. The molecule has 0 aromatic rings. The molecule has 3 amide bonds. The lowest BCUT2D eigenvalue weighted by Crippen LogP contribution is -2.50. The number of nitrogens with one attached hydrogen (secondary N) is 2. The fourth-order valence-electron chi connectivity index (χ4n) is 6.24. The van der Waals surface area contributed by atoms with Crippen molar-refractivity contribution >= 4 is 17.9 Å². The normalized spacial score (nSPS) is 35.1. The lowest BCUT2D eigenvalue weighted by molar-refractivity contribution is -0.145. The number of ether oxygens (including phenoxy) is 4. The number of hydrogen-bond acceptors (Lipinski definition) is 8. The largest absolute Gasteiger partial charge is 0.442 e. The molecule has 0 saturated carbocycles. The molecular formula is C33H51N3O8. The number of aliphatic hydroxyl groups excluding tert-OH is 1. The third-order valence-electron chi connectivity index (χ3n) is 9.16. The van der Waals surface area contributed by atoms with Crippen molar-refractivity contribution in [3.63, 3.8) is 0 Å². The Balaban J connectivity index is 1.22. The van der Waals surface area contributed by atoms with E-state index in [1.165, 1.54) is 6.08 Å². The van der Waals surface area contributed by atoms with E-state index < -0.39 is 23.9 Å². The first kappa shape index (κ1) is 34.1. The number of allylic oxidation sites excluding steroid dienone is 2. The second-order valence-electron chi connectivity index (χ2n) is 12.8. The van der Waals surface area contributed by atoms with Crippen LogP contribution in [0.4, 0.5) is 4.79 Å². The van der Waals surface area contributed by atoms with Gasteiger partial charge in [-0.25, -0.2) is 4.79 Å². The molecule has 0 aliphatic carbocycles. The zero-order valence-electron chi connectivity index (χ0n) is 26.8. The summed E-state index contributed by atoms with van der Waals surface area (Å²) in [6.45, 7) is 9.76. The molecule has 9 atom stereocenters. The van der Waals surface area contributed by atoms with Crippen LogP contribution in [0.25, 0.3) is 0 Å². The standard InChI is InChI=1S/C33H51N3O8/c1-21(10-13-28-31(39)33(20-41-33)19-25(44-28)18-30(38)34-5)9-12-27-22(2)17-26(24(4)43-27)35-29(37)14-11-23(3)42-32(40)36-15-7-6-8-16-36/h9-11,13-14,22-28,31,39H,6-8,12,15-20H2,1-5H3,(H,34,38)(H,35,37)/b13-10+,14-11-,21-9+/t22-,23-,24+,25+,26+,27-,28+,31+,33+/m0/s1. The molecule has 3 N–H and O–H groups in total. The van der Waals surface area contributed by atoms with E-state index in [0.717, 1.165) is 44.3 Å². The van der Waals surface area contributed by atoms with Gasteiger partial charge in [-0.3, -0.25) is 9.59 Å². The quantitative estimate of drug-likeness (QED) is 0.193. The average Bonchev–Trinajstić information content (AvgIpc) is 3.78. The summed E-state index contributed by atoms with van der Waals surface area (Å²) >= 11 is 0. The van der Waals surface area contributed by atoms with E-state index in [4.69, 9.17) is 18.9 Å². The molecule has 11 heteroatoms. The minimum absolute atomic E-state index is 0.00265. The Morgan fingerprint density at radius 3 is 2.55 bits per heavy atom. The van der Waals surface area contributed by atoms with Gasteiger partial charge in [0.15, 0.2) is 0 Å². The van der Waals surface area contributed by atoms with Crippen LogP contribution in [-0.4, -0.2) is 103 Å². The summed E-state index contributed by atoms with van der Waals surface area (Å²) in [5.41, 5.74) is 0.393. The number of aliphatic hydroxyl groups is 1. The Morgan fingerprint density at radius 2 is 1.86 bits per heavy atom. The molecule has 11 nitrogen and oxygen atoms in total. The minimum Gasteiger partial charge on any atom is -0.442 e. The summed E-state index contributed by atoms with van der Waals surface area (Å²) in [6.07, 6.45) is 11.6. The predicted molar refractivity (Wildman–Crippen MR) is 165 cm³/mol. The van der Waals surface area contributed by atoms with Gasteiger partial charge in [0.05, 0.1) is 37.4 Å². The van der Waals surface area contributed by atoms with Crippen LogP contribution in [0.1, 0.15) is 72.6 Å². The zero-order valence-corrected chi connectivity index (χ0v) is 26.8. The Hall–Kier alpha value is -2.73. The molecule has 4 aliphatic rings. The zero-order chi connectivity index (χ0) is 31.9. The van der Waals surface area contributed by atoms with Crippen LogP contribution in [0.5, 0.6) is 0 Å². The van der Waals surface area contributed by atoms with Gasteiger partial charge >= 0.3 is 6.09 Å². The van der Waals surface area contributed by atoms with E-state index in [-0.39, 0.29) is 54.6 Å². The van der Waals surface area contributed by atoms with Crippen molar-refractivity contribution in [2.24, 2.45) is 5.92 Å². The molecule has 4 fully saturated rings. The third-order valence-corrected chi connectivity index (χ3v) is 9.16. The predicted octanol–water partition coefficient (Wildman–Crippen LogP) is 3.17. The van der Waals surface area contributed by atoms with Crippen molar-refractivity contribution in [2.45, 2.75) is 121 Å². The number of amides is 3. The van der Waals surface area contributed by atoms with E-state index in [0.29, 0.717) is 19.4 Å². The van der Waals surface area contributed by atoms with E-state index in [9.17, 15) is 19.5 Å². The fraction of sp³-hybridized carbons (Fsp3) is 0.727. The molecule has 44 heavy (non-hydrogen) atoms. The van der Waals surface area contributed by atoms with Crippen molar-refractivity contribution in [1.82, 2.24) is 15.5 Å². The number of carbonyl (C=O) groups excluding carboxylic acids is 3. The minimum atomic E-state index is -0.783. The Morgan fingerprint density at radius 1 is 1.14 bits per heavy atom. The van der Waals surface area contributed by atoms with E-state index in [1.807, 2.05) is 26.0 Å². The maximum absolute atomic E-state index is 12.6. The number of rotatable bonds is 10. The number of carbonyl (C=O) groups is 3. The summed E-state index contributed by atoms with van der Waals surface area (Å²) < 4.78 is 23.4. The van der Waals surface area contributed by atoms with Gasteiger partial charge in [-0.15, -0.1) is 0 Å². The van der Waals surface area contributed by atoms with Gasteiger partial charge in [0, 0.05) is 32.6 Å². The van der Waals surface area contributed by atoms with E-state index in [2.05, 4.69) is 23.6 Å². The lowest BCUT2D eigenvalue weighted by atomic mass is 9.87. The maximum Gasteiger partial charge on any atom is 0.410 e. The Labute approximate surface area is 261 Å². The highest BCUT2D eigenvalue weighted by atomic mass is 16.6. The molecule has 4 heterocycles. The smallest absolute Gasteiger partial charge is 0.410 e. The van der Waals surface area contributed by atoms with Gasteiger partial charge < -0.3 is 39.6 Å². The van der Waals surface area contributed by atoms with Crippen molar-refractivity contribution < 1.29 is 38.4 Å². The Bertz CT molecular complexity index is 1100. The summed E-state index contributed by atoms with van der Waals surface area (Å²) in [6, 6.07) is -0.126. The highest BCUT2D eigenvalue weighted by Crippen LogP contribution is 2.43. The third kappa shape index (κ3) is 9.39. The van der Waals surface area contributed by atoms with Gasteiger partial charge in [-0.05, 0) is 64.9 Å². The first-order valence-corrected chi connectivity index (χ1v) is 16.1. The highest BCUT2D eigenvalue weighted by molar-refractivity contribution is 5.87. The molecule has 0 unspecified atom stereocenters. The maximum atomic E-state index is 12.6. The second kappa shape index (κ2) is 15.5. The van der Waals surface area contributed by atoms with Gasteiger partial charge in [0.2, 0.25) is 11.8 Å². The van der Waals surface area contributed by atoms with Crippen LogP contribution in [0.3, 0.4) is 0 Å². The molecule has 246 valence electrons. The number of hydrogen-bond donors (Lipinski definition) is 3. The number of nitrogens with zero attached hydrogens (tertiary/aromatic N) is 1. The van der Waals surface area contributed by atoms with Crippen LogP contribution in [0, 0.1) is 5.92 Å². The van der Waals surface area contributed by atoms with Crippen LogP contribution in [-0.2, 0) is 28.5 Å². The second-order valence-corrected chi connectivity index (χ2v) is 12.8. The number of piperidine rings is 1. The average molecular weight is 618 g/mol. The van der Waals surface area contributed by atoms with Gasteiger partial charge in [0.1, 0.15) is 23.9 Å². The van der Waals surface area contributed by atoms with Crippen molar-refractivity contribution in [3.8, 4) is 0 Å². The fourth-order valence-corrected chi connectivity index (χ4v) is 6.24. The molecule has 0 aromatic heterocycles. The monoisotopic (exact) mass is 617 g/mol. The van der Waals surface area contributed by atoms with E-state index >= 15 is 0 Å². The SMILES string of the molecule is CNC(=O)C[C@@H]1C[C@@]2(CO2)[C@H](O)[C@@H](/C=C/C(C)=C/C[C@@H]2O[C@H](C)[C@H](NC(=O)/C=C\[C@H](C)OC(=O)N3CCCCC3)C[C@@H]2C)O1. The highest BCUT2D eigenvalue weighted by Gasteiger charge is 2.58. The number of likely N-dealkylation sites (tertiary alicyclic amines) is 1. The molecular weight excluding hydrogens is 566 g/mol. The van der Waals surface area contributed by atoms with Crippen LogP contribution < -0.4 is 10.6 Å². The van der Waals surface area contributed by atoms with Crippen LogP contribution >= 0.6 is 0 Å². The van der Waals surface area contributed by atoms with Gasteiger partial charge in [-0.2, -0.15) is 0 Å². The molecule has 0 aromatic carbocycles. The molecule has 0 radical (unpaired) electrons. The van der Waals surface area contributed by atoms with Crippen molar-refractivity contribution in [3.05, 3.63) is 36.0 Å². The van der Waals surface area contributed by atoms with Crippen molar-refractivity contribution in [2.75, 3.05) is 26.7 Å². The Kier molecular flexibility index (Phi) is 12.0. The molecule has 4 aliphatic heterocycles. The van der Waals surface area contributed by atoms with Gasteiger partial charge in [-0.1, -0.05) is 30.7 Å². The molecule has 1 spiro atoms. The van der Waals surface area contributed by atoms with Crippen LogP contribution in [0.15, 0.2) is 36.0 Å². The summed E-state index contributed by atoms with van der Waals surface area (Å²) in [5, 5.41) is 16.5. The van der Waals surface area contributed by atoms with Crippen LogP contribution in [0.2, 0.25) is 0 Å². The lowest BCUT2D eigenvalue weighted by Gasteiger charge is -2.39. The molecule has 4 rings (SSSR count). The molecule has 4 saturated heterocycles. The van der Waals surface area contributed by atoms with Crippen molar-refractivity contribution in [1.29, 1.82) is 0 Å². The summed E-state index contributed by atoms with van der Waals surface area (Å²) in [7, 11) is 1.60. The number of epoxide rings is 1. The summed E-state index contributed by atoms with van der Waals surface area (Å²) in [5.74, 6) is -0.116. The van der Waals surface area contributed by atoms with E-state index in [1.54, 1.807) is 24.9 Å². The van der Waals surface area contributed by atoms with Gasteiger partial charge in [0.25, 0.3) is 0 Å². The molecule has 0 bridgehead atoms.